The Hall–Kier alpha value is -4.04. The zero-order valence-electron chi connectivity index (χ0n) is 22.9. The molecule has 4 heterocycles. The summed E-state index contributed by atoms with van der Waals surface area (Å²) < 4.78 is 69.4. The Morgan fingerprint density at radius 1 is 1.09 bits per heavy atom. The van der Waals surface area contributed by atoms with E-state index in [-0.39, 0.29) is 35.7 Å². The highest BCUT2D eigenvalue weighted by molar-refractivity contribution is 9.10. The molecule has 0 atom stereocenters. The molecule has 14 heteroatoms. The predicted octanol–water partition coefficient (Wildman–Crippen LogP) is 5.51. The average Bonchev–Trinajstić information content (AvgIpc) is 3.53. The van der Waals surface area contributed by atoms with E-state index < -0.39 is 34.0 Å². The molecule has 0 radical (unpaired) electrons. The van der Waals surface area contributed by atoms with Gasteiger partial charge < -0.3 is 9.80 Å². The Kier molecular flexibility index (Phi) is 7.16. The molecular formula is C29H24BrF3N6O3S. The topological polar surface area (TPSA) is 101 Å². The monoisotopic (exact) mass is 672 g/mol. The lowest BCUT2D eigenvalue weighted by atomic mass is 10.1. The van der Waals surface area contributed by atoms with Gasteiger partial charge in [0.1, 0.15) is 16.2 Å². The molecule has 0 bridgehead atoms. The summed E-state index contributed by atoms with van der Waals surface area (Å²) in [5.74, 6) is -3.90. The van der Waals surface area contributed by atoms with Crippen LogP contribution in [0.25, 0.3) is 21.8 Å². The molecule has 0 saturated carbocycles. The van der Waals surface area contributed by atoms with Crippen LogP contribution in [0.15, 0.2) is 70.4 Å². The molecular weight excluding hydrogens is 649 g/mol. The van der Waals surface area contributed by atoms with Crippen molar-refractivity contribution in [2.45, 2.75) is 23.8 Å². The first-order valence-electron chi connectivity index (χ1n) is 13.1. The molecule has 9 nitrogen and oxygen atoms in total. The molecule has 0 N–H and O–H groups in total. The van der Waals surface area contributed by atoms with Crippen molar-refractivity contribution in [1.82, 2.24) is 19.7 Å². The number of nitrogens with zero attached hydrogens (tertiary/aromatic N) is 6. The minimum Gasteiger partial charge on any atom is -0.350 e. The first-order valence-corrected chi connectivity index (χ1v) is 15.8. The van der Waals surface area contributed by atoms with Gasteiger partial charge in [0.05, 0.1) is 51.9 Å². The van der Waals surface area contributed by atoms with E-state index in [9.17, 15) is 26.4 Å². The number of sulfone groups is 1. The molecule has 1 fully saturated rings. The average molecular weight is 674 g/mol. The van der Waals surface area contributed by atoms with Gasteiger partial charge in [0.25, 0.3) is 11.8 Å². The van der Waals surface area contributed by atoms with Crippen LogP contribution in [0.1, 0.15) is 22.3 Å². The quantitative estimate of drug-likeness (QED) is 0.219. The number of pyridine rings is 2. The Morgan fingerprint density at radius 3 is 2.56 bits per heavy atom. The summed E-state index contributed by atoms with van der Waals surface area (Å²) in [5, 5.41) is 5.97. The third-order valence-corrected chi connectivity index (χ3v) is 9.11. The van der Waals surface area contributed by atoms with E-state index in [2.05, 4.69) is 31.0 Å². The van der Waals surface area contributed by atoms with Crippen molar-refractivity contribution in [3.8, 4) is 0 Å². The molecule has 2 aromatic carbocycles. The molecule has 0 spiro atoms. The maximum atomic E-state index is 14.2. The molecule has 1 aliphatic rings. The van der Waals surface area contributed by atoms with Crippen LogP contribution in [0.3, 0.4) is 0 Å². The van der Waals surface area contributed by atoms with Crippen molar-refractivity contribution in [2.75, 3.05) is 29.1 Å². The van der Waals surface area contributed by atoms with Crippen LogP contribution in [0.5, 0.6) is 0 Å². The molecule has 43 heavy (non-hydrogen) atoms. The van der Waals surface area contributed by atoms with Crippen LogP contribution < -0.4 is 9.80 Å². The van der Waals surface area contributed by atoms with E-state index in [4.69, 9.17) is 0 Å². The minimum atomic E-state index is -3.96. The number of fused-ring (bicyclic) bond motifs is 3. The third-order valence-electron chi connectivity index (χ3n) is 7.38. The zero-order chi connectivity index (χ0) is 30.7. The van der Waals surface area contributed by atoms with Gasteiger partial charge in [-0.15, -0.1) is 0 Å². The van der Waals surface area contributed by atoms with Gasteiger partial charge in [0.15, 0.2) is 9.84 Å². The van der Waals surface area contributed by atoms with Crippen LogP contribution in [0.2, 0.25) is 0 Å². The predicted molar refractivity (Wildman–Crippen MR) is 160 cm³/mol. The largest absolute Gasteiger partial charge is 0.350 e. The van der Waals surface area contributed by atoms with Crippen LogP contribution in [-0.2, 0) is 23.4 Å². The molecule has 0 unspecified atom stereocenters. The number of halogens is 4. The Balaban J connectivity index is 1.42. The van der Waals surface area contributed by atoms with Gasteiger partial charge in [-0.2, -0.15) is 5.10 Å². The fraction of sp³-hybridized carbons (Fsp3) is 0.241. The van der Waals surface area contributed by atoms with Gasteiger partial charge in [-0.3, -0.25) is 9.48 Å². The summed E-state index contributed by atoms with van der Waals surface area (Å²) in [6.07, 6.45) is 3.62. The first-order chi connectivity index (χ1) is 20.3. The Morgan fingerprint density at radius 2 is 1.88 bits per heavy atom. The third kappa shape index (κ3) is 5.56. The highest BCUT2D eigenvalue weighted by atomic mass is 79.9. The number of carbonyl (C=O) groups excluding carboxylic acids is 1. The van der Waals surface area contributed by atoms with Crippen LogP contribution in [-0.4, -0.2) is 59.3 Å². The number of aryl methyl sites for hydroxylation is 1. The van der Waals surface area contributed by atoms with Crippen molar-refractivity contribution < 1.29 is 26.4 Å². The van der Waals surface area contributed by atoms with Gasteiger partial charge in [0.2, 0.25) is 0 Å². The number of carbonyl (C=O) groups is 1. The molecule has 1 saturated heterocycles. The smallest absolute Gasteiger partial charge is 0.266 e. The normalized spacial score (nSPS) is 15.0. The fourth-order valence-corrected chi connectivity index (χ4v) is 6.65. The van der Waals surface area contributed by atoms with Gasteiger partial charge >= 0.3 is 0 Å². The highest BCUT2D eigenvalue weighted by Gasteiger charge is 2.38. The number of benzene rings is 2. The molecule has 6 rings (SSSR count). The van der Waals surface area contributed by atoms with Crippen molar-refractivity contribution in [1.29, 1.82) is 0 Å². The summed E-state index contributed by atoms with van der Waals surface area (Å²) in [7, 11) is -2.14. The van der Waals surface area contributed by atoms with Crippen molar-refractivity contribution in [3.05, 3.63) is 82.5 Å². The summed E-state index contributed by atoms with van der Waals surface area (Å²) in [6, 6.07) is 11.6. The van der Waals surface area contributed by atoms with Crippen molar-refractivity contribution in [2.24, 2.45) is 7.05 Å². The maximum absolute atomic E-state index is 14.2. The second-order valence-electron chi connectivity index (χ2n) is 10.5. The number of amides is 1. The van der Waals surface area contributed by atoms with Gasteiger partial charge in [-0.05, 0) is 57.9 Å². The van der Waals surface area contributed by atoms with Gasteiger partial charge in [0, 0.05) is 37.9 Å². The molecule has 0 aliphatic carbocycles. The summed E-state index contributed by atoms with van der Waals surface area (Å²) in [6.45, 7) is -0.431. The number of hydrogen-bond acceptors (Lipinski definition) is 7. The van der Waals surface area contributed by atoms with E-state index in [1.807, 2.05) is 13.1 Å². The first kappa shape index (κ1) is 29.1. The number of aromatic nitrogens is 4. The lowest BCUT2D eigenvalue weighted by Gasteiger charge is -2.25. The number of rotatable bonds is 6. The molecule has 222 valence electrons. The number of alkyl halides is 2. The lowest BCUT2D eigenvalue weighted by molar-refractivity contribution is 0.0256. The zero-order valence-corrected chi connectivity index (χ0v) is 25.3. The fourth-order valence-electron chi connectivity index (χ4n) is 5.29. The Labute approximate surface area is 253 Å². The minimum absolute atomic E-state index is 0.0199. The van der Waals surface area contributed by atoms with Crippen molar-refractivity contribution >= 4 is 65.0 Å². The summed E-state index contributed by atoms with van der Waals surface area (Å²) >= 11 is 3.49. The Bertz CT molecular complexity index is 2020. The number of anilines is 2. The molecule has 3 aromatic heterocycles. The van der Waals surface area contributed by atoms with Crippen LogP contribution in [0.4, 0.5) is 24.7 Å². The number of hydrogen-bond donors (Lipinski definition) is 0. The second kappa shape index (κ2) is 10.6. The summed E-state index contributed by atoms with van der Waals surface area (Å²) in [5.41, 5.74) is 2.17. The van der Waals surface area contributed by atoms with E-state index in [1.165, 1.54) is 34.2 Å². The second-order valence-corrected chi connectivity index (χ2v) is 13.2. The lowest BCUT2D eigenvalue weighted by Crippen LogP contribution is -2.32. The van der Waals surface area contributed by atoms with E-state index in [0.717, 1.165) is 34.7 Å². The van der Waals surface area contributed by atoms with E-state index >= 15 is 0 Å². The highest BCUT2D eigenvalue weighted by Crippen LogP contribution is 2.33. The molecule has 1 amide bonds. The standard InChI is InChI=1S/C29H24BrF3N6O3S/c1-37-26-20-6-3-17(11-22(20)36-27(30)21(26)14-35-37)15-39(23-7-5-19(31)12-24(23)43(2,41)42)28(40)18-4-8-25(34-13-18)38-10-9-29(32,33)16-38/h3-8,11-14H,9-10,15-16H2,1-2H3. The van der Waals surface area contributed by atoms with E-state index in [0.29, 0.717) is 21.5 Å². The van der Waals surface area contributed by atoms with Crippen LogP contribution >= 0.6 is 15.9 Å². The van der Waals surface area contributed by atoms with Gasteiger partial charge in [-0.25, -0.2) is 31.6 Å². The van der Waals surface area contributed by atoms with Gasteiger partial charge in [-0.1, -0.05) is 12.1 Å². The van der Waals surface area contributed by atoms with E-state index in [1.54, 1.807) is 23.0 Å². The van der Waals surface area contributed by atoms with Crippen molar-refractivity contribution in [3.63, 3.8) is 0 Å². The molecule has 5 aromatic rings. The SMILES string of the molecule is Cn1ncc2c(Br)nc3cc(CN(C(=O)c4ccc(N5CCC(F)(F)C5)nc4)c4ccc(F)cc4S(C)(=O)=O)ccc3c21. The summed E-state index contributed by atoms with van der Waals surface area (Å²) in [4.78, 5) is 25.2. The van der Waals surface area contributed by atoms with Crippen LogP contribution in [0, 0.1) is 5.82 Å². The maximum Gasteiger partial charge on any atom is 0.266 e. The molecule has 1 aliphatic heterocycles.